The molecule has 1 aliphatic rings. The van der Waals surface area contributed by atoms with E-state index in [0.717, 1.165) is 37.8 Å². The van der Waals surface area contributed by atoms with Crippen LogP contribution in [0.15, 0.2) is 12.4 Å². The molecule has 1 fully saturated rings. The van der Waals surface area contributed by atoms with Gasteiger partial charge in [-0.2, -0.15) is 0 Å². The van der Waals surface area contributed by atoms with Crippen LogP contribution < -0.4 is 10.2 Å². The van der Waals surface area contributed by atoms with Gasteiger partial charge in [-0.25, -0.2) is 9.97 Å². The van der Waals surface area contributed by atoms with Gasteiger partial charge in [0.25, 0.3) is 0 Å². The number of morpholine rings is 1. The molecule has 1 aliphatic heterocycles. The van der Waals surface area contributed by atoms with Crippen molar-refractivity contribution in [3.8, 4) is 0 Å². The third-order valence-electron chi connectivity index (χ3n) is 2.75. The fourth-order valence-corrected chi connectivity index (χ4v) is 1.96. The third-order valence-corrected chi connectivity index (χ3v) is 2.75. The highest BCUT2D eigenvalue weighted by atomic mass is 16.5. The first kappa shape index (κ1) is 11.3. The Balaban J connectivity index is 2.16. The van der Waals surface area contributed by atoms with Gasteiger partial charge >= 0.3 is 0 Å². The molecule has 0 aromatic carbocycles. The number of aryl methyl sites for hydroxylation is 1. The van der Waals surface area contributed by atoms with E-state index in [0.29, 0.717) is 6.04 Å². The number of rotatable bonds is 3. The molecule has 0 spiro atoms. The number of anilines is 1. The summed E-state index contributed by atoms with van der Waals surface area (Å²) in [6.45, 7) is 5.30. The number of hydrogen-bond acceptors (Lipinski definition) is 5. The zero-order chi connectivity index (χ0) is 11.4. The van der Waals surface area contributed by atoms with Crippen LogP contribution in [-0.4, -0.2) is 49.4 Å². The van der Waals surface area contributed by atoms with Gasteiger partial charge in [-0.1, -0.05) is 0 Å². The maximum absolute atomic E-state index is 5.49. The summed E-state index contributed by atoms with van der Waals surface area (Å²) < 4.78 is 5.49. The van der Waals surface area contributed by atoms with Crippen molar-refractivity contribution in [3.63, 3.8) is 0 Å². The highest BCUT2D eigenvalue weighted by Crippen LogP contribution is 2.16. The fraction of sp³-hybridized carbons (Fsp3) is 0.636. The molecule has 1 saturated heterocycles. The zero-order valence-corrected chi connectivity index (χ0v) is 9.81. The molecular formula is C11H18N4O. The topological polar surface area (TPSA) is 50.3 Å². The lowest BCUT2D eigenvalue weighted by Crippen LogP contribution is -2.50. The van der Waals surface area contributed by atoms with Gasteiger partial charge in [0, 0.05) is 24.8 Å². The predicted octanol–water partition coefficient (Wildman–Crippen LogP) is 0.210. The molecule has 5 nitrogen and oxygen atoms in total. The quantitative estimate of drug-likeness (QED) is 0.792. The lowest BCUT2D eigenvalue weighted by Gasteiger charge is -2.36. The minimum atomic E-state index is 0.355. The Hall–Kier alpha value is -1.20. The van der Waals surface area contributed by atoms with E-state index in [9.17, 15) is 0 Å². The van der Waals surface area contributed by atoms with Crippen LogP contribution in [0, 0.1) is 6.92 Å². The molecule has 0 radical (unpaired) electrons. The molecule has 1 unspecified atom stereocenters. The number of hydrogen-bond donors (Lipinski definition) is 1. The zero-order valence-electron chi connectivity index (χ0n) is 9.81. The summed E-state index contributed by atoms with van der Waals surface area (Å²) in [5, 5.41) is 3.19. The summed E-state index contributed by atoms with van der Waals surface area (Å²) in [4.78, 5) is 10.7. The largest absolute Gasteiger partial charge is 0.377 e. The van der Waals surface area contributed by atoms with Gasteiger partial charge in [-0.15, -0.1) is 0 Å². The molecule has 1 aromatic heterocycles. The van der Waals surface area contributed by atoms with E-state index in [4.69, 9.17) is 4.74 Å². The molecule has 0 aliphatic carbocycles. The van der Waals surface area contributed by atoms with E-state index >= 15 is 0 Å². The number of ether oxygens (including phenoxy) is 1. The average Bonchev–Trinajstić information content (AvgIpc) is 2.30. The van der Waals surface area contributed by atoms with E-state index in [1.165, 1.54) is 0 Å². The van der Waals surface area contributed by atoms with Crippen LogP contribution >= 0.6 is 0 Å². The Morgan fingerprint density at radius 3 is 3.19 bits per heavy atom. The van der Waals surface area contributed by atoms with Gasteiger partial charge in [0.15, 0.2) is 0 Å². The van der Waals surface area contributed by atoms with Crippen molar-refractivity contribution in [1.82, 2.24) is 15.3 Å². The van der Waals surface area contributed by atoms with Crippen LogP contribution in [0.25, 0.3) is 0 Å². The molecule has 1 N–H and O–H groups in total. The Labute approximate surface area is 95.8 Å². The number of likely N-dealkylation sites (N-methyl/N-ethyl adjacent to an activating group) is 1. The first-order valence-electron chi connectivity index (χ1n) is 5.59. The molecule has 0 saturated carbocycles. The van der Waals surface area contributed by atoms with E-state index in [-0.39, 0.29) is 0 Å². The van der Waals surface area contributed by atoms with Crippen LogP contribution in [0.5, 0.6) is 0 Å². The fourth-order valence-electron chi connectivity index (χ4n) is 1.96. The maximum atomic E-state index is 5.49. The Bertz CT molecular complexity index is 343. The first-order valence-corrected chi connectivity index (χ1v) is 5.59. The Morgan fingerprint density at radius 1 is 1.56 bits per heavy atom. The molecule has 2 rings (SSSR count). The van der Waals surface area contributed by atoms with Crippen LogP contribution in [0.2, 0.25) is 0 Å². The van der Waals surface area contributed by atoms with Crippen molar-refractivity contribution in [2.24, 2.45) is 0 Å². The second kappa shape index (κ2) is 5.23. The van der Waals surface area contributed by atoms with E-state index in [1.807, 2.05) is 20.0 Å². The molecule has 0 amide bonds. The van der Waals surface area contributed by atoms with Crippen LogP contribution in [0.3, 0.4) is 0 Å². The van der Waals surface area contributed by atoms with E-state index in [2.05, 4.69) is 20.2 Å². The lowest BCUT2D eigenvalue weighted by molar-refractivity contribution is 0.0939. The summed E-state index contributed by atoms with van der Waals surface area (Å²) in [6, 6.07) is 2.38. The number of nitrogens with one attached hydrogen (secondary N) is 1. The molecule has 2 heterocycles. The highest BCUT2D eigenvalue weighted by Gasteiger charge is 2.23. The normalized spacial score (nSPS) is 21.1. The van der Waals surface area contributed by atoms with Crippen molar-refractivity contribution >= 4 is 5.82 Å². The van der Waals surface area contributed by atoms with Gasteiger partial charge in [-0.05, 0) is 14.0 Å². The van der Waals surface area contributed by atoms with Gasteiger partial charge in [0.1, 0.15) is 12.1 Å². The molecule has 1 atom stereocenters. The SMILES string of the molecule is CNCC1COCCN1c1cc(C)ncn1. The van der Waals surface area contributed by atoms with E-state index < -0.39 is 0 Å². The molecule has 1 aromatic rings. The summed E-state index contributed by atoms with van der Waals surface area (Å²) in [5.74, 6) is 0.996. The first-order chi connectivity index (χ1) is 7.81. The monoisotopic (exact) mass is 222 g/mol. The van der Waals surface area contributed by atoms with E-state index in [1.54, 1.807) is 6.33 Å². The van der Waals surface area contributed by atoms with Gasteiger partial charge in [0.2, 0.25) is 0 Å². The molecule has 88 valence electrons. The summed E-state index contributed by atoms with van der Waals surface area (Å²) in [6.07, 6.45) is 1.62. The van der Waals surface area contributed by atoms with Gasteiger partial charge in [0.05, 0.1) is 19.3 Å². The van der Waals surface area contributed by atoms with Crippen molar-refractivity contribution in [2.45, 2.75) is 13.0 Å². The van der Waals surface area contributed by atoms with Crippen molar-refractivity contribution in [3.05, 3.63) is 18.1 Å². The second-order valence-electron chi connectivity index (χ2n) is 4.00. The molecule has 5 heteroatoms. The number of nitrogens with zero attached hydrogens (tertiary/aromatic N) is 3. The molecule has 0 bridgehead atoms. The Kier molecular flexibility index (Phi) is 3.69. The van der Waals surface area contributed by atoms with Gasteiger partial charge < -0.3 is 15.0 Å². The smallest absolute Gasteiger partial charge is 0.132 e. The highest BCUT2D eigenvalue weighted by molar-refractivity contribution is 5.40. The minimum Gasteiger partial charge on any atom is -0.377 e. The second-order valence-corrected chi connectivity index (χ2v) is 4.00. The van der Waals surface area contributed by atoms with Crippen LogP contribution in [0.1, 0.15) is 5.69 Å². The molecule has 16 heavy (non-hydrogen) atoms. The summed E-state index contributed by atoms with van der Waals surface area (Å²) >= 11 is 0. The van der Waals surface area contributed by atoms with Crippen molar-refractivity contribution in [1.29, 1.82) is 0 Å². The average molecular weight is 222 g/mol. The van der Waals surface area contributed by atoms with Crippen molar-refractivity contribution in [2.75, 3.05) is 38.3 Å². The standard InChI is InChI=1S/C11H18N4O/c1-9-5-11(14-8-13-9)15-3-4-16-7-10(15)6-12-2/h5,8,10,12H,3-4,6-7H2,1-2H3. The lowest BCUT2D eigenvalue weighted by atomic mass is 10.2. The third kappa shape index (κ3) is 2.48. The van der Waals surface area contributed by atoms with Crippen LogP contribution in [0.4, 0.5) is 5.82 Å². The summed E-state index contributed by atoms with van der Waals surface area (Å²) in [5.41, 5.74) is 1.000. The van der Waals surface area contributed by atoms with Crippen LogP contribution in [-0.2, 0) is 4.74 Å². The summed E-state index contributed by atoms with van der Waals surface area (Å²) in [7, 11) is 1.96. The Morgan fingerprint density at radius 2 is 2.44 bits per heavy atom. The maximum Gasteiger partial charge on any atom is 0.132 e. The minimum absolute atomic E-state index is 0.355. The predicted molar refractivity (Wildman–Crippen MR) is 62.6 cm³/mol. The molecular weight excluding hydrogens is 204 g/mol. The number of aromatic nitrogens is 2. The van der Waals surface area contributed by atoms with Gasteiger partial charge in [-0.3, -0.25) is 0 Å². The van der Waals surface area contributed by atoms with Crippen molar-refractivity contribution < 1.29 is 4.74 Å².